The predicted molar refractivity (Wildman–Crippen MR) is 296 cm³/mol. The molecule has 9 atom stereocenters. The number of aliphatic hydroxyl groups excluding tert-OH is 1. The van der Waals surface area contributed by atoms with Crippen LogP contribution in [0.25, 0.3) is 10.8 Å². The second-order valence-corrected chi connectivity index (χ2v) is 22.7. The number of carbonyl (C=O) groups is 7. The summed E-state index contributed by atoms with van der Waals surface area (Å²) >= 11 is 0. The largest absolute Gasteiger partial charge is 0.478 e. The molecule has 2 fully saturated rings. The first kappa shape index (κ1) is 60.1. The monoisotopic (exact) mass is 1070 g/mol. The summed E-state index contributed by atoms with van der Waals surface area (Å²) < 4.78 is 6.06. The number of rotatable bonds is 24. The summed E-state index contributed by atoms with van der Waals surface area (Å²) in [5, 5.41) is 38.4. The van der Waals surface area contributed by atoms with Gasteiger partial charge < -0.3 is 57.3 Å². The molecule has 0 spiro atoms. The molecule has 1 saturated carbocycles. The van der Waals surface area contributed by atoms with Gasteiger partial charge in [0.1, 0.15) is 42.7 Å². The third-order valence-electron chi connectivity index (χ3n) is 15.7. The molecule has 77 heavy (non-hydrogen) atoms. The van der Waals surface area contributed by atoms with Crippen LogP contribution in [0.4, 0.5) is 0 Å². The van der Waals surface area contributed by atoms with Gasteiger partial charge in [-0.2, -0.15) is 0 Å². The Hall–Kier alpha value is -6.15. The maximum Gasteiger partial charge on any atom is 0.251 e. The fourth-order valence-electron chi connectivity index (χ4n) is 10.4. The molecule has 6 rings (SSSR count). The second kappa shape index (κ2) is 27.9. The number of ether oxygens (including phenoxy) is 1. The number of aliphatic hydroxyl groups is 1. The summed E-state index contributed by atoms with van der Waals surface area (Å²) in [7, 11) is 3.24. The Morgan fingerprint density at radius 2 is 1.44 bits per heavy atom. The summed E-state index contributed by atoms with van der Waals surface area (Å²) in [6.45, 7) is 13.3. The first-order valence-corrected chi connectivity index (χ1v) is 27.8. The fourth-order valence-corrected chi connectivity index (χ4v) is 10.4. The van der Waals surface area contributed by atoms with Gasteiger partial charge in [-0.05, 0) is 136 Å². The Morgan fingerprint density at radius 1 is 0.740 bits per heavy atom. The SMILES string of the molecule is CN[C@@H](C)C(=O)N[C@H](C(=O)N1C[C@@H](NC(=O)c2ccc3cc(OCNCC[C@H](NC(=O)[C@@H](NC(=O)[C@H](CO)NC)C4CCCCC4)C(=O)N[C@H](C)C(C)C)ccc3c2)C[C@H]1C(=O)N[C@@H]1CCCc2ccccc21)C(C)(C)C. The minimum atomic E-state index is -0.947. The van der Waals surface area contributed by atoms with E-state index in [4.69, 9.17) is 4.74 Å². The molecule has 1 heterocycles. The number of aryl methyl sites for hydroxylation is 1. The summed E-state index contributed by atoms with van der Waals surface area (Å²) in [4.78, 5) is 98.4. The lowest BCUT2D eigenvalue weighted by Gasteiger charge is -2.36. The van der Waals surface area contributed by atoms with Gasteiger partial charge in [0.05, 0.1) is 18.7 Å². The second-order valence-electron chi connectivity index (χ2n) is 22.7. The molecule has 7 amide bonds. The van der Waals surface area contributed by atoms with Crippen molar-refractivity contribution in [1.82, 2.24) is 52.8 Å². The summed E-state index contributed by atoms with van der Waals surface area (Å²) in [6.07, 6.45) is 7.46. The van der Waals surface area contributed by atoms with E-state index in [1.165, 1.54) is 10.5 Å². The number of nitrogens with one attached hydrogen (secondary N) is 9. The van der Waals surface area contributed by atoms with Crippen LogP contribution in [0.1, 0.15) is 134 Å². The van der Waals surface area contributed by atoms with E-state index in [-0.39, 0.29) is 73.7 Å². The fraction of sp³-hybridized carbons (Fsp3) is 0.603. The summed E-state index contributed by atoms with van der Waals surface area (Å²) in [5.41, 5.74) is 1.95. The minimum absolute atomic E-state index is 0.0698. The number of benzene rings is 3. The van der Waals surface area contributed by atoms with Crippen LogP contribution in [0.2, 0.25) is 0 Å². The molecule has 0 radical (unpaired) electrons. The zero-order chi connectivity index (χ0) is 56.0. The van der Waals surface area contributed by atoms with E-state index in [0.29, 0.717) is 17.9 Å². The van der Waals surface area contributed by atoms with Gasteiger partial charge in [-0.15, -0.1) is 0 Å². The highest BCUT2D eigenvalue weighted by Gasteiger charge is 2.46. The Balaban J connectivity index is 1.09. The number of likely N-dealkylation sites (N-methyl/N-ethyl adjacent to an activating group) is 2. The lowest BCUT2D eigenvalue weighted by atomic mass is 9.83. The third kappa shape index (κ3) is 16.2. The van der Waals surface area contributed by atoms with Gasteiger partial charge in [0, 0.05) is 30.7 Å². The van der Waals surface area contributed by atoms with Gasteiger partial charge in [0.25, 0.3) is 5.91 Å². The van der Waals surface area contributed by atoms with Gasteiger partial charge in [0.2, 0.25) is 35.4 Å². The highest BCUT2D eigenvalue weighted by atomic mass is 16.5. The molecule has 3 aliphatic rings. The average Bonchev–Trinajstić information content (AvgIpc) is 3.86. The van der Waals surface area contributed by atoms with Crippen LogP contribution in [0.3, 0.4) is 0 Å². The predicted octanol–water partition coefficient (Wildman–Crippen LogP) is 3.48. The molecular weight excluding hydrogens is 981 g/mol. The van der Waals surface area contributed by atoms with Crippen LogP contribution in [0, 0.1) is 17.3 Å². The van der Waals surface area contributed by atoms with Crippen molar-refractivity contribution in [3.8, 4) is 5.75 Å². The van der Waals surface area contributed by atoms with Gasteiger partial charge in [-0.1, -0.05) is 90.3 Å². The van der Waals surface area contributed by atoms with E-state index in [9.17, 15) is 38.7 Å². The van der Waals surface area contributed by atoms with E-state index < -0.39 is 72.0 Å². The number of nitrogens with zero attached hydrogens (tertiary/aromatic N) is 1. The zero-order valence-corrected chi connectivity index (χ0v) is 46.7. The van der Waals surface area contributed by atoms with Crippen LogP contribution < -0.4 is 52.6 Å². The highest BCUT2D eigenvalue weighted by Crippen LogP contribution is 2.32. The van der Waals surface area contributed by atoms with Crippen molar-refractivity contribution in [1.29, 1.82) is 0 Å². The highest BCUT2D eigenvalue weighted by molar-refractivity contribution is 6.00. The van der Waals surface area contributed by atoms with Crippen molar-refractivity contribution in [3.63, 3.8) is 0 Å². The van der Waals surface area contributed by atoms with Crippen molar-refractivity contribution in [3.05, 3.63) is 77.4 Å². The van der Waals surface area contributed by atoms with Crippen molar-refractivity contribution in [2.24, 2.45) is 17.3 Å². The molecule has 19 heteroatoms. The molecule has 422 valence electrons. The molecule has 0 bridgehead atoms. The van der Waals surface area contributed by atoms with E-state index in [0.717, 1.165) is 67.7 Å². The van der Waals surface area contributed by atoms with E-state index >= 15 is 0 Å². The Bertz CT molecular complexity index is 2520. The molecule has 0 aromatic heterocycles. The number of hydrogen-bond acceptors (Lipinski definition) is 12. The first-order chi connectivity index (χ1) is 36.7. The normalized spacial score (nSPS) is 20.1. The van der Waals surface area contributed by atoms with E-state index in [2.05, 4.69) is 53.9 Å². The molecule has 2 aliphatic carbocycles. The van der Waals surface area contributed by atoms with Crippen LogP contribution in [0.5, 0.6) is 5.75 Å². The lowest BCUT2D eigenvalue weighted by Crippen LogP contribution is -2.59. The molecular formula is C58H86N10O9. The van der Waals surface area contributed by atoms with Crippen LogP contribution in [-0.4, -0.2) is 140 Å². The molecule has 3 aromatic rings. The van der Waals surface area contributed by atoms with Gasteiger partial charge >= 0.3 is 0 Å². The topological polar surface area (TPSA) is 260 Å². The van der Waals surface area contributed by atoms with E-state index in [1.807, 2.05) is 77.9 Å². The summed E-state index contributed by atoms with van der Waals surface area (Å²) in [5.74, 6) is -2.05. The van der Waals surface area contributed by atoms with E-state index in [1.54, 1.807) is 39.2 Å². The molecule has 3 aromatic carbocycles. The van der Waals surface area contributed by atoms with Crippen LogP contribution >= 0.6 is 0 Å². The zero-order valence-electron chi connectivity index (χ0n) is 46.7. The van der Waals surface area contributed by atoms with Gasteiger partial charge in [-0.25, -0.2) is 0 Å². The molecule has 0 unspecified atom stereocenters. The molecule has 10 N–H and O–H groups in total. The Labute approximate surface area is 454 Å². The van der Waals surface area contributed by atoms with Crippen molar-refractivity contribution < 1.29 is 43.4 Å². The lowest BCUT2D eigenvalue weighted by molar-refractivity contribution is -0.144. The molecule has 1 aliphatic heterocycles. The standard InChI is InChI=1S/C58H86N10O9/c1-34(2)35(3)62-53(72)46(65-56(75)49(38-17-11-10-12-18-38)66-54(73)47(32-69)60-9)26-27-61-33-77-43-25-24-39-28-41(23-22-40(39)29-43)52(71)63-42-30-48(55(74)64-45-21-15-19-37-16-13-14-20-44(37)45)68(31-42)57(76)50(58(5,6)7)67-51(70)36(4)59-8/h13-14,16,20,22-25,28-29,34-36,38,42,45-50,59-61,69H,10-12,15,17-19,21,26-27,30-33H2,1-9H3,(H,62,72)(H,63,71)(H,64,74)(H,65,75)(H,66,73)(H,67,70)/t35-,36+,42+,45-,46+,47+,48+,49+,50-/m1/s1. The Kier molecular flexibility index (Phi) is 21.8. The molecule has 1 saturated heterocycles. The van der Waals surface area contributed by atoms with Crippen molar-refractivity contribution in [2.45, 2.75) is 167 Å². The minimum Gasteiger partial charge on any atom is -0.478 e. The molecule has 19 nitrogen and oxygen atoms in total. The smallest absolute Gasteiger partial charge is 0.251 e. The quantitative estimate of drug-likeness (QED) is 0.0457. The maximum absolute atomic E-state index is 14.6. The number of amides is 7. The van der Waals surface area contributed by atoms with Crippen molar-refractivity contribution >= 4 is 52.1 Å². The first-order valence-electron chi connectivity index (χ1n) is 27.8. The Morgan fingerprint density at radius 3 is 2.13 bits per heavy atom. The third-order valence-corrected chi connectivity index (χ3v) is 15.7. The summed E-state index contributed by atoms with van der Waals surface area (Å²) in [6, 6.07) is 12.9. The number of carbonyl (C=O) groups excluding carboxylic acids is 7. The van der Waals surface area contributed by atoms with Crippen LogP contribution in [-0.2, 0) is 35.2 Å². The number of fused-ring (bicyclic) bond motifs is 2. The van der Waals surface area contributed by atoms with Gasteiger partial charge in [-0.3, -0.25) is 38.9 Å². The van der Waals surface area contributed by atoms with Crippen molar-refractivity contribution in [2.75, 3.05) is 40.5 Å². The average molecular weight is 1070 g/mol. The number of hydrogen-bond donors (Lipinski definition) is 10. The van der Waals surface area contributed by atoms with Gasteiger partial charge in [0.15, 0.2) is 0 Å². The number of likely N-dealkylation sites (tertiary alicyclic amines) is 1. The maximum atomic E-state index is 14.6. The van der Waals surface area contributed by atoms with Crippen LogP contribution in [0.15, 0.2) is 60.7 Å².